The van der Waals surface area contributed by atoms with Crippen molar-refractivity contribution >= 4 is 21.6 Å². The molecule has 1 heterocycles. The smallest absolute Gasteiger partial charge is 0.143 e. The van der Waals surface area contributed by atoms with Gasteiger partial charge in [0.15, 0.2) is 0 Å². The van der Waals surface area contributed by atoms with Crippen LogP contribution in [0.15, 0.2) is 28.7 Å². The third-order valence-electron chi connectivity index (χ3n) is 2.81. The molecule has 1 aromatic carbocycles. The lowest BCUT2D eigenvalue weighted by atomic mass is 10.2. The minimum absolute atomic E-state index is 0.726. The zero-order chi connectivity index (χ0) is 12.6. The van der Waals surface area contributed by atoms with Crippen molar-refractivity contribution in [1.29, 1.82) is 0 Å². The average molecular weight is 295 g/mol. The maximum atomic E-state index is 5.85. The van der Waals surface area contributed by atoms with Gasteiger partial charge in [-0.2, -0.15) is 0 Å². The SMILES string of the molecule is COc1ccc(N)cc1-n1c(C)cc(Br)c1C. The molecule has 0 spiro atoms. The molecule has 0 atom stereocenters. The summed E-state index contributed by atoms with van der Waals surface area (Å²) in [5, 5.41) is 0. The van der Waals surface area contributed by atoms with Crippen molar-refractivity contribution in [1.82, 2.24) is 4.57 Å². The standard InChI is InChI=1S/C13H15BrN2O/c1-8-6-11(14)9(2)16(8)12-7-10(15)4-5-13(12)17-3/h4-7H,15H2,1-3H3. The Balaban J connectivity index is 2.71. The van der Waals surface area contributed by atoms with E-state index in [4.69, 9.17) is 10.5 Å². The number of nitrogens with two attached hydrogens (primary N) is 1. The first-order valence-electron chi connectivity index (χ1n) is 5.33. The number of aromatic nitrogens is 1. The van der Waals surface area contributed by atoms with Gasteiger partial charge in [-0.15, -0.1) is 0 Å². The zero-order valence-corrected chi connectivity index (χ0v) is 11.7. The molecular formula is C13H15BrN2O. The number of anilines is 1. The molecule has 90 valence electrons. The molecule has 0 aliphatic heterocycles. The summed E-state index contributed by atoms with van der Waals surface area (Å²) in [5.41, 5.74) is 9.81. The summed E-state index contributed by atoms with van der Waals surface area (Å²) < 4.78 is 8.59. The molecule has 2 N–H and O–H groups in total. The van der Waals surface area contributed by atoms with Gasteiger partial charge in [0.25, 0.3) is 0 Å². The lowest BCUT2D eigenvalue weighted by molar-refractivity contribution is 0.412. The largest absolute Gasteiger partial charge is 0.495 e. The van der Waals surface area contributed by atoms with E-state index >= 15 is 0 Å². The van der Waals surface area contributed by atoms with Gasteiger partial charge in [-0.3, -0.25) is 0 Å². The molecule has 0 saturated heterocycles. The Morgan fingerprint density at radius 3 is 2.47 bits per heavy atom. The van der Waals surface area contributed by atoms with Crippen LogP contribution >= 0.6 is 15.9 Å². The first-order valence-corrected chi connectivity index (χ1v) is 6.12. The Bertz CT molecular complexity index is 561. The molecule has 2 rings (SSSR count). The Morgan fingerprint density at radius 1 is 1.24 bits per heavy atom. The number of halogens is 1. The molecule has 17 heavy (non-hydrogen) atoms. The summed E-state index contributed by atoms with van der Waals surface area (Å²) >= 11 is 3.54. The van der Waals surface area contributed by atoms with Crippen LogP contribution in [-0.4, -0.2) is 11.7 Å². The van der Waals surface area contributed by atoms with E-state index in [-0.39, 0.29) is 0 Å². The van der Waals surface area contributed by atoms with Gasteiger partial charge in [0.1, 0.15) is 5.75 Å². The van der Waals surface area contributed by atoms with Crippen LogP contribution < -0.4 is 10.5 Å². The molecule has 0 bridgehead atoms. The second-order valence-corrected chi connectivity index (χ2v) is 4.84. The van der Waals surface area contributed by atoms with Crippen molar-refractivity contribution in [2.75, 3.05) is 12.8 Å². The molecular weight excluding hydrogens is 280 g/mol. The van der Waals surface area contributed by atoms with E-state index < -0.39 is 0 Å². The fourth-order valence-corrected chi connectivity index (χ4v) is 2.48. The fourth-order valence-electron chi connectivity index (χ4n) is 1.98. The van der Waals surface area contributed by atoms with Crippen molar-refractivity contribution in [2.45, 2.75) is 13.8 Å². The van der Waals surface area contributed by atoms with Crippen LogP contribution in [0.5, 0.6) is 5.75 Å². The van der Waals surface area contributed by atoms with Gasteiger partial charge in [-0.1, -0.05) is 0 Å². The molecule has 2 aromatic rings. The maximum absolute atomic E-state index is 5.85. The molecule has 0 aliphatic rings. The molecule has 0 saturated carbocycles. The van der Waals surface area contributed by atoms with Crippen molar-refractivity contribution in [3.8, 4) is 11.4 Å². The third kappa shape index (κ3) is 2.05. The Kier molecular flexibility index (Phi) is 3.15. The molecule has 0 radical (unpaired) electrons. The van der Waals surface area contributed by atoms with E-state index in [1.54, 1.807) is 7.11 Å². The number of aryl methyl sites for hydroxylation is 1. The fraction of sp³-hybridized carbons (Fsp3) is 0.231. The van der Waals surface area contributed by atoms with Gasteiger partial charge in [-0.25, -0.2) is 0 Å². The zero-order valence-electron chi connectivity index (χ0n) is 10.1. The van der Waals surface area contributed by atoms with E-state index in [2.05, 4.69) is 40.4 Å². The van der Waals surface area contributed by atoms with Crippen LogP contribution in [-0.2, 0) is 0 Å². The van der Waals surface area contributed by atoms with Gasteiger partial charge < -0.3 is 15.0 Å². The van der Waals surface area contributed by atoms with E-state index in [1.165, 1.54) is 0 Å². The van der Waals surface area contributed by atoms with Crippen LogP contribution in [0.1, 0.15) is 11.4 Å². The minimum Gasteiger partial charge on any atom is -0.495 e. The molecule has 0 fully saturated rings. The summed E-state index contributed by atoms with van der Waals surface area (Å²) in [5.74, 6) is 0.813. The monoisotopic (exact) mass is 294 g/mol. The van der Waals surface area contributed by atoms with E-state index in [1.807, 2.05) is 18.2 Å². The van der Waals surface area contributed by atoms with Crippen molar-refractivity contribution in [3.63, 3.8) is 0 Å². The number of benzene rings is 1. The highest BCUT2D eigenvalue weighted by Crippen LogP contribution is 2.31. The predicted molar refractivity (Wildman–Crippen MR) is 73.9 cm³/mol. The van der Waals surface area contributed by atoms with Crippen LogP contribution in [0.4, 0.5) is 5.69 Å². The molecule has 4 heteroatoms. The van der Waals surface area contributed by atoms with Crippen LogP contribution in [0.3, 0.4) is 0 Å². The highest BCUT2D eigenvalue weighted by Gasteiger charge is 2.12. The third-order valence-corrected chi connectivity index (χ3v) is 3.62. The number of hydrogen-bond acceptors (Lipinski definition) is 2. The number of nitrogen functional groups attached to an aromatic ring is 1. The minimum atomic E-state index is 0.726. The second kappa shape index (κ2) is 4.45. The topological polar surface area (TPSA) is 40.2 Å². The lowest BCUT2D eigenvalue weighted by Crippen LogP contribution is -2.02. The summed E-state index contributed by atoms with van der Waals surface area (Å²) in [4.78, 5) is 0. The van der Waals surface area contributed by atoms with Gasteiger partial charge in [0, 0.05) is 21.5 Å². The van der Waals surface area contributed by atoms with E-state index in [0.29, 0.717) is 0 Å². The molecule has 1 aromatic heterocycles. The molecule has 0 amide bonds. The highest BCUT2D eigenvalue weighted by molar-refractivity contribution is 9.10. The predicted octanol–water partition coefficient (Wildman–Crippen LogP) is 3.45. The summed E-state index contributed by atoms with van der Waals surface area (Å²) in [6.45, 7) is 4.11. The highest BCUT2D eigenvalue weighted by atomic mass is 79.9. The van der Waals surface area contributed by atoms with Crippen molar-refractivity contribution in [2.24, 2.45) is 0 Å². The number of rotatable bonds is 2. The first kappa shape index (κ1) is 12.0. The summed E-state index contributed by atoms with van der Waals surface area (Å²) in [7, 11) is 1.66. The van der Waals surface area contributed by atoms with E-state index in [0.717, 1.165) is 33.0 Å². The Labute approximate surface area is 109 Å². The van der Waals surface area contributed by atoms with Crippen molar-refractivity contribution < 1.29 is 4.74 Å². The average Bonchev–Trinajstić information content (AvgIpc) is 2.53. The summed E-state index contributed by atoms with van der Waals surface area (Å²) in [6, 6.07) is 7.73. The van der Waals surface area contributed by atoms with Gasteiger partial charge in [-0.05, 0) is 54.0 Å². The first-order chi connectivity index (χ1) is 8.04. The molecule has 3 nitrogen and oxygen atoms in total. The van der Waals surface area contributed by atoms with Crippen LogP contribution in [0.25, 0.3) is 5.69 Å². The van der Waals surface area contributed by atoms with E-state index in [9.17, 15) is 0 Å². The van der Waals surface area contributed by atoms with Crippen molar-refractivity contribution in [3.05, 3.63) is 40.1 Å². The van der Waals surface area contributed by atoms with Gasteiger partial charge in [0.2, 0.25) is 0 Å². The lowest BCUT2D eigenvalue weighted by Gasteiger charge is -2.14. The quantitative estimate of drug-likeness (QED) is 0.862. The summed E-state index contributed by atoms with van der Waals surface area (Å²) in [6.07, 6.45) is 0. The number of hydrogen-bond donors (Lipinski definition) is 1. The number of methoxy groups -OCH3 is 1. The van der Waals surface area contributed by atoms with Crippen LogP contribution in [0, 0.1) is 13.8 Å². The Hall–Kier alpha value is -1.42. The normalized spacial score (nSPS) is 10.6. The molecule has 0 unspecified atom stereocenters. The number of nitrogens with zero attached hydrogens (tertiary/aromatic N) is 1. The van der Waals surface area contributed by atoms with Crippen LogP contribution in [0.2, 0.25) is 0 Å². The maximum Gasteiger partial charge on any atom is 0.143 e. The Morgan fingerprint density at radius 2 is 1.94 bits per heavy atom. The second-order valence-electron chi connectivity index (χ2n) is 3.99. The molecule has 0 aliphatic carbocycles. The number of ether oxygens (including phenoxy) is 1. The van der Waals surface area contributed by atoms with Gasteiger partial charge >= 0.3 is 0 Å². The van der Waals surface area contributed by atoms with Gasteiger partial charge in [0.05, 0.1) is 12.8 Å².